The third-order valence-corrected chi connectivity index (χ3v) is 15.2. The fourth-order valence-electron chi connectivity index (χ4n) is 8.66. The standard InChI is InChI=1S/C54H34O5S2/c55-60(56)49-23-11-7-19-45(49)53(46-20-8-12-24-50(46)60,37-35-39-15-3-1-4-16-39)41-27-31-43(32-28-41)59-44-33-29-42(30-34-44)54(38-36-40-17-5-2-6-18-40)47-21-9-13-25-51(47)61(57,58)52-26-14-10-22-48(52)54/h1-34H. The Bertz CT molecular complexity index is 3020. The van der Waals surface area contributed by atoms with Crippen LogP contribution in [-0.4, -0.2) is 16.8 Å². The lowest BCUT2D eigenvalue weighted by Crippen LogP contribution is -2.35. The van der Waals surface area contributed by atoms with Crippen LogP contribution < -0.4 is 4.74 Å². The molecule has 7 heteroatoms. The van der Waals surface area contributed by atoms with Crippen molar-refractivity contribution in [3.05, 3.63) is 251 Å². The van der Waals surface area contributed by atoms with Gasteiger partial charge in [-0.15, -0.1) is 0 Å². The van der Waals surface area contributed by atoms with Gasteiger partial charge in [0.25, 0.3) is 0 Å². The van der Waals surface area contributed by atoms with Crippen LogP contribution in [0.1, 0.15) is 44.5 Å². The van der Waals surface area contributed by atoms with Gasteiger partial charge in [0.1, 0.15) is 22.3 Å². The van der Waals surface area contributed by atoms with Crippen molar-refractivity contribution in [2.45, 2.75) is 30.4 Å². The van der Waals surface area contributed by atoms with Gasteiger partial charge in [-0.05, 0) is 106 Å². The second-order valence-corrected chi connectivity index (χ2v) is 18.6. The van der Waals surface area contributed by atoms with E-state index in [2.05, 4.69) is 23.7 Å². The third-order valence-electron chi connectivity index (χ3n) is 11.5. The van der Waals surface area contributed by atoms with Crippen LogP contribution in [0, 0.1) is 23.7 Å². The van der Waals surface area contributed by atoms with Gasteiger partial charge in [0, 0.05) is 11.1 Å². The van der Waals surface area contributed by atoms with Crippen molar-refractivity contribution in [3.8, 4) is 35.2 Å². The first-order chi connectivity index (χ1) is 29.7. The van der Waals surface area contributed by atoms with Crippen molar-refractivity contribution in [2.24, 2.45) is 0 Å². The second kappa shape index (κ2) is 14.7. The molecule has 2 aliphatic heterocycles. The van der Waals surface area contributed by atoms with E-state index in [9.17, 15) is 16.8 Å². The highest BCUT2D eigenvalue weighted by molar-refractivity contribution is 7.92. The lowest BCUT2D eigenvalue weighted by atomic mass is 9.69. The van der Waals surface area contributed by atoms with Crippen molar-refractivity contribution in [1.29, 1.82) is 0 Å². The van der Waals surface area contributed by atoms with E-state index >= 15 is 0 Å². The monoisotopic (exact) mass is 826 g/mol. The molecule has 0 fully saturated rings. The Morgan fingerprint density at radius 1 is 0.328 bits per heavy atom. The number of ether oxygens (including phenoxy) is 1. The average Bonchev–Trinajstić information content (AvgIpc) is 3.31. The van der Waals surface area contributed by atoms with Crippen LogP contribution >= 0.6 is 0 Å². The van der Waals surface area contributed by atoms with Crippen LogP contribution in [0.2, 0.25) is 0 Å². The Morgan fingerprint density at radius 3 is 0.918 bits per heavy atom. The summed E-state index contributed by atoms with van der Waals surface area (Å²) in [5, 5.41) is 0. The van der Waals surface area contributed by atoms with Crippen LogP contribution in [0.4, 0.5) is 0 Å². The molecule has 0 amide bonds. The van der Waals surface area contributed by atoms with E-state index in [1.165, 1.54) is 0 Å². The molecule has 8 aromatic rings. The summed E-state index contributed by atoms with van der Waals surface area (Å²) in [6.45, 7) is 0. The van der Waals surface area contributed by atoms with Crippen LogP contribution in [0.3, 0.4) is 0 Å². The summed E-state index contributed by atoms with van der Waals surface area (Å²) in [5.41, 5.74) is 3.30. The molecule has 0 radical (unpaired) electrons. The van der Waals surface area contributed by atoms with E-state index < -0.39 is 30.5 Å². The minimum Gasteiger partial charge on any atom is -0.457 e. The van der Waals surface area contributed by atoms with Gasteiger partial charge < -0.3 is 4.74 Å². The summed E-state index contributed by atoms with van der Waals surface area (Å²) in [6, 6.07) is 63.0. The average molecular weight is 827 g/mol. The maximum atomic E-state index is 14.0. The van der Waals surface area contributed by atoms with Crippen LogP contribution in [0.15, 0.2) is 226 Å². The Kier molecular flexibility index (Phi) is 9.11. The molecule has 0 atom stereocenters. The molecule has 0 N–H and O–H groups in total. The summed E-state index contributed by atoms with van der Waals surface area (Å²) < 4.78 is 62.6. The molecule has 0 aromatic heterocycles. The predicted molar refractivity (Wildman–Crippen MR) is 236 cm³/mol. The van der Waals surface area contributed by atoms with Crippen LogP contribution in [0.25, 0.3) is 0 Å². The first-order valence-electron chi connectivity index (χ1n) is 19.7. The van der Waals surface area contributed by atoms with Gasteiger partial charge in [0.2, 0.25) is 19.7 Å². The SMILES string of the molecule is O=S1(=O)c2ccccc2C(C#Cc2ccccc2)(c2ccc(Oc3ccc(C4(C#Cc5ccccc5)c5ccccc5S(=O)(=O)c5ccccc54)cc3)cc2)c2ccccc21. The molecule has 61 heavy (non-hydrogen) atoms. The quantitative estimate of drug-likeness (QED) is 0.165. The zero-order valence-electron chi connectivity index (χ0n) is 32.5. The molecule has 0 spiro atoms. The fourth-order valence-corrected chi connectivity index (χ4v) is 12.2. The molecule has 292 valence electrons. The minimum absolute atomic E-state index is 0.225. The van der Waals surface area contributed by atoms with Crippen molar-refractivity contribution in [2.75, 3.05) is 0 Å². The molecule has 0 saturated heterocycles. The molecule has 5 nitrogen and oxygen atoms in total. The topological polar surface area (TPSA) is 77.5 Å². The number of benzene rings is 8. The van der Waals surface area contributed by atoms with Crippen LogP contribution in [-0.2, 0) is 30.5 Å². The number of sulfone groups is 2. The normalized spacial score (nSPS) is 15.4. The van der Waals surface area contributed by atoms with E-state index in [4.69, 9.17) is 4.74 Å². The van der Waals surface area contributed by atoms with E-state index in [-0.39, 0.29) is 19.6 Å². The van der Waals surface area contributed by atoms with Gasteiger partial charge in [0.15, 0.2) is 0 Å². The highest BCUT2D eigenvalue weighted by Gasteiger charge is 2.48. The molecule has 0 aliphatic carbocycles. The number of rotatable bonds is 4. The summed E-state index contributed by atoms with van der Waals surface area (Å²) in [7, 11) is -7.63. The minimum atomic E-state index is -3.82. The Hall–Kier alpha value is -7.42. The van der Waals surface area contributed by atoms with Crippen LogP contribution in [0.5, 0.6) is 11.5 Å². The van der Waals surface area contributed by atoms with Gasteiger partial charge in [-0.3, -0.25) is 0 Å². The van der Waals surface area contributed by atoms with Crippen molar-refractivity contribution in [3.63, 3.8) is 0 Å². The maximum absolute atomic E-state index is 14.0. The Labute approximate surface area is 355 Å². The van der Waals surface area contributed by atoms with E-state index in [1.54, 1.807) is 48.5 Å². The lowest BCUT2D eigenvalue weighted by Gasteiger charge is -2.37. The predicted octanol–water partition coefficient (Wildman–Crippen LogP) is 10.5. The number of hydrogen-bond acceptors (Lipinski definition) is 5. The summed E-state index contributed by atoms with van der Waals surface area (Å²) in [4.78, 5) is 0.902. The number of fused-ring (bicyclic) bond motifs is 4. The summed E-state index contributed by atoms with van der Waals surface area (Å²) >= 11 is 0. The van der Waals surface area contributed by atoms with Crippen molar-refractivity contribution < 1.29 is 21.6 Å². The Morgan fingerprint density at radius 2 is 0.607 bits per heavy atom. The summed E-state index contributed by atoms with van der Waals surface area (Å²) in [6.07, 6.45) is 0. The largest absolute Gasteiger partial charge is 0.457 e. The fraction of sp³-hybridized carbons (Fsp3) is 0.0370. The smallest absolute Gasteiger partial charge is 0.207 e. The highest BCUT2D eigenvalue weighted by Crippen LogP contribution is 2.51. The molecule has 0 unspecified atom stereocenters. The third kappa shape index (κ3) is 6.09. The zero-order valence-corrected chi connectivity index (χ0v) is 34.1. The molecule has 10 rings (SSSR count). The Balaban J connectivity index is 1.06. The van der Waals surface area contributed by atoms with Crippen molar-refractivity contribution in [1.82, 2.24) is 0 Å². The lowest BCUT2D eigenvalue weighted by molar-refractivity contribution is 0.481. The van der Waals surface area contributed by atoms with Gasteiger partial charge in [0.05, 0.1) is 19.6 Å². The van der Waals surface area contributed by atoms with Gasteiger partial charge in [-0.1, -0.05) is 157 Å². The van der Waals surface area contributed by atoms with Gasteiger partial charge >= 0.3 is 0 Å². The van der Waals surface area contributed by atoms with Gasteiger partial charge in [-0.25, -0.2) is 16.8 Å². The zero-order chi connectivity index (χ0) is 41.7. The molecule has 0 saturated carbocycles. The first kappa shape index (κ1) is 37.8. The summed E-state index contributed by atoms with van der Waals surface area (Å²) in [5.74, 6) is 15.0. The van der Waals surface area contributed by atoms with Crippen molar-refractivity contribution >= 4 is 19.7 Å². The molecule has 8 aromatic carbocycles. The van der Waals surface area contributed by atoms with E-state index in [1.807, 2.05) is 158 Å². The first-order valence-corrected chi connectivity index (χ1v) is 22.6. The molecular weight excluding hydrogens is 793 g/mol. The molecule has 2 heterocycles. The molecule has 2 aliphatic rings. The highest BCUT2D eigenvalue weighted by atomic mass is 32.2. The molecule has 0 bridgehead atoms. The van der Waals surface area contributed by atoms with E-state index in [0.29, 0.717) is 33.8 Å². The second-order valence-electron chi connectivity index (χ2n) is 14.9. The molecular formula is C54H34O5S2. The maximum Gasteiger partial charge on any atom is 0.207 e. The van der Waals surface area contributed by atoms with E-state index in [0.717, 1.165) is 22.3 Å². The number of hydrogen-bond donors (Lipinski definition) is 0. The van der Waals surface area contributed by atoms with Gasteiger partial charge in [-0.2, -0.15) is 0 Å².